The summed E-state index contributed by atoms with van der Waals surface area (Å²) in [5, 5.41) is 1.61. The molecule has 176 valence electrons. The first-order valence-corrected chi connectivity index (χ1v) is 12.7. The molecule has 5 rings (SSSR count). The summed E-state index contributed by atoms with van der Waals surface area (Å²) < 4.78 is 9.40. The SMILES string of the molecule is CCN1C(=O)/C(=C\C=C2/Oc3ccccc3N2CC)S/C1=N\c1sc2ccccc2[n+]1CC.[I-]. The van der Waals surface area contributed by atoms with Crippen molar-refractivity contribution < 1.29 is 38.1 Å². The van der Waals surface area contributed by atoms with Crippen molar-refractivity contribution in [3.63, 3.8) is 0 Å². The second-order valence-electron chi connectivity index (χ2n) is 7.49. The predicted octanol–water partition coefficient (Wildman–Crippen LogP) is 2.44. The molecule has 0 saturated carbocycles. The summed E-state index contributed by atoms with van der Waals surface area (Å²) in [6, 6.07) is 16.3. The van der Waals surface area contributed by atoms with Crippen LogP contribution in [0.2, 0.25) is 0 Å². The fourth-order valence-electron chi connectivity index (χ4n) is 4.03. The summed E-state index contributed by atoms with van der Waals surface area (Å²) in [6.07, 6.45) is 3.73. The number of para-hydroxylation sites is 3. The second-order valence-corrected chi connectivity index (χ2v) is 9.51. The minimum absolute atomic E-state index is 0. The highest BCUT2D eigenvalue weighted by molar-refractivity contribution is 8.18. The number of hydrogen-bond donors (Lipinski definition) is 0. The van der Waals surface area contributed by atoms with E-state index < -0.39 is 0 Å². The van der Waals surface area contributed by atoms with Crippen molar-refractivity contribution in [1.29, 1.82) is 0 Å². The van der Waals surface area contributed by atoms with E-state index in [9.17, 15) is 4.79 Å². The number of likely N-dealkylation sites (N-methyl/N-ethyl adjacent to an activating group) is 1. The molecule has 6 nitrogen and oxygen atoms in total. The van der Waals surface area contributed by atoms with E-state index in [-0.39, 0.29) is 29.9 Å². The van der Waals surface area contributed by atoms with Gasteiger partial charge in [0.2, 0.25) is 5.88 Å². The lowest BCUT2D eigenvalue weighted by molar-refractivity contribution is -0.651. The van der Waals surface area contributed by atoms with E-state index >= 15 is 0 Å². The topological polar surface area (TPSA) is 49.0 Å². The van der Waals surface area contributed by atoms with Crippen LogP contribution >= 0.6 is 23.1 Å². The molecule has 2 aliphatic heterocycles. The summed E-state index contributed by atoms with van der Waals surface area (Å²) in [5.74, 6) is 1.53. The van der Waals surface area contributed by atoms with Gasteiger partial charge in [0, 0.05) is 19.2 Å². The maximum atomic E-state index is 13.1. The molecule has 2 aromatic carbocycles. The number of fused-ring (bicyclic) bond motifs is 2. The fraction of sp³-hybridized carbons (Fsp3) is 0.240. The first-order chi connectivity index (χ1) is 16.1. The molecule has 0 atom stereocenters. The van der Waals surface area contributed by atoms with Crippen molar-refractivity contribution in [3.8, 4) is 5.75 Å². The first kappa shape index (κ1) is 24.7. The molecule has 0 radical (unpaired) electrons. The van der Waals surface area contributed by atoms with Crippen LogP contribution in [0, 0.1) is 0 Å². The molecule has 1 saturated heterocycles. The Balaban J connectivity index is 0.00000274. The highest BCUT2D eigenvalue weighted by atomic mass is 127. The molecule has 3 aromatic rings. The van der Waals surface area contributed by atoms with E-state index in [1.807, 2.05) is 55.5 Å². The van der Waals surface area contributed by atoms with E-state index in [1.54, 1.807) is 16.2 Å². The van der Waals surface area contributed by atoms with Gasteiger partial charge in [-0.25, -0.2) is 4.57 Å². The van der Waals surface area contributed by atoms with Gasteiger partial charge in [-0.2, -0.15) is 0 Å². The number of anilines is 1. The normalized spacial score (nSPS) is 18.8. The Hall–Kier alpha value is -2.37. The van der Waals surface area contributed by atoms with E-state index in [0.717, 1.165) is 35.5 Å². The number of carbonyl (C=O) groups excluding carboxylic acids is 1. The Morgan fingerprint density at radius 1 is 1.00 bits per heavy atom. The summed E-state index contributed by atoms with van der Waals surface area (Å²) in [6.45, 7) is 8.34. The number of aryl methyl sites for hydroxylation is 1. The van der Waals surface area contributed by atoms with Crippen LogP contribution < -0.4 is 38.2 Å². The Morgan fingerprint density at radius 2 is 1.74 bits per heavy atom. The van der Waals surface area contributed by atoms with Gasteiger partial charge in [0.1, 0.15) is 5.52 Å². The second kappa shape index (κ2) is 10.5. The van der Waals surface area contributed by atoms with E-state index in [2.05, 4.69) is 35.4 Å². The maximum absolute atomic E-state index is 13.1. The summed E-state index contributed by atoms with van der Waals surface area (Å²) in [4.78, 5) is 22.5. The number of carbonyl (C=O) groups is 1. The molecular weight excluding hydrogens is 579 g/mol. The van der Waals surface area contributed by atoms with Crippen LogP contribution in [0.15, 0.2) is 76.5 Å². The summed E-state index contributed by atoms with van der Waals surface area (Å²) in [5.41, 5.74) is 2.21. The Morgan fingerprint density at radius 3 is 2.50 bits per heavy atom. The predicted molar refractivity (Wildman–Crippen MR) is 136 cm³/mol. The molecule has 0 N–H and O–H groups in total. The number of amides is 1. The molecule has 1 amide bonds. The Bertz CT molecular complexity index is 1330. The summed E-state index contributed by atoms with van der Waals surface area (Å²) >= 11 is 3.06. The van der Waals surface area contributed by atoms with Gasteiger partial charge < -0.3 is 33.6 Å². The fourth-order valence-corrected chi connectivity index (χ4v) is 6.17. The van der Waals surface area contributed by atoms with Gasteiger partial charge >= 0.3 is 5.13 Å². The lowest BCUT2D eigenvalue weighted by Crippen LogP contribution is -3.00. The first-order valence-electron chi connectivity index (χ1n) is 11.1. The van der Waals surface area contributed by atoms with Crippen molar-refractivity contribution in [2.75, 3.05) is 18.0 Å². The van der Waals surface area contributed by atoms with Crippen molar-refractivity contribution in [3.05, 3.63) is 71.5 Å². The van der Waals surface area contributed by atoms with Crippen molar-refractivity contribution in [1.82, 2.24) is 4.90 Å². The standard InChI is InChI=1S/C25H25N4O2S2.HI/c1-4-27-17-11-7-9-13-19(17)31-22(27)16-15-21-23(30)29(6-3)25(33-21)26-24-28(5-2)18-12-8-10-14-20(18)32-24;/h7-16H,4-6H2,1-3H3;1H/q+1;/p-1/b21-15+,22-16-;. The molecule has 34 heavy (non-hydrogen) atoms. The van der Waals surface area contributed by atoms with Gasteiger partial charge in [0.05, 0.1) is 21.8 Å². The van der Waals surface area contributed by atoms with E-state index in [4.69, 9.17) is 9.73 Å². The lowest BCUT2D eigenvalue weighted by atomic mass is 10.3. The van der Waals surface area contributed by atoms with E-state index in [0.29, 0.717) is 16.6 Å². The number of aliphatic imine (C=N–C) groups is 1. The van der Waals surface area contributed by atoms with Gasteiger partial charge in [0.15, 0.2) is 5.75 Å². The molecule has 0 unspecified atom stereocenters. The molecule has 9 heteroatoms. The number of thioether (sulfide) groups is 1. The van der Waals surface area contributed by atoms with Crippen LogP contribution in [-0.4, -0.2) is 29.1 Å². The van der Waals surface area contributed by atoms with Gasteiger partial charge in [-0.3, -0.25) is 9.69 Å². The highest BCUT2D eigenvalue weighted by Crippen LogP contribution is 2.39. The number of aromatic nitrogens is 1. The number of amidine groups is 1. The lowest BCUT2D eigenvalue weighted by Gasteiger charge is -2.14. The number of halogens is 1. The van der Waals surface area contributed by atoms with Crippen LogP contribution in [0.1, 0.15) is 20.8 Å². The molecule has 0 aliphatic carbocycles. The quantitative estimate of drug-likeness (QED) is 0.255. The minimum Gasteiger partial charge on any atom is -1.00 e. The number of hydrogen-bond acceptors (Lipinski definition) is 6. The van der Waals surface area contributed by atoms with Crippen molar-refractivity contribution in [2.24, 2.45) is 4.99 Å². The van der Waals surface area contributed by atoms with Gasteiger partial charge in [-0.15, -0.1) is 0 Å². The Labute approximate surface area is 224 Å². The number of allylic oxidation sites excluding steroid dienone is 2. The van der Waals surface area contributed by atoms with Crippen LogP contribution in [-0.2, 0) is 11.3 Å². The third kappa shape index (κ3) is 4.36. The largest absolute Gasteiger partial charge is 1.00 e. The highest BCUT2D eigenvalue weighted by Gasteiger charge is 2.37. The molecule has 0 spiro atoms. The minimum atomic E-state index is -0.0270. The average molecular weight is 605 g/mol. The molecule has 1 aromatic heterocycles. The number of ether oxygens (including phenoxy) is 1. The van der Waals surface area contributed by atoms with Crippen LogP contribution in [0.3, 0.4) is 0 Å². The smallest absolute Gasteiger partial charge is 0.386 e. The monoisotopic (exact) mass is 604 g/mol. The molecular formula is C25H25IN4O2S2. The average Bonchev–Trinajstić information content (AvgIpc) is 3.47. The molecule has 0 bridgehead atoms. The van der Waals surface area contributed by atoms with Crippen LogP contribution in [0.4, 0.5) is 10.8 Å². The van der Waals surface area contributed by atoms with Crippen LogP contribution in [0.5, 0.6) is 5.75 Å². The zero-order valence-electron chi connectivity index (χ0n) is 19.2. The summed E-state index contributed by atoms with van der Waals surface area (Å²) in [7, 11) is 0. The van der Waals surface area contributed by atoms with Crippen molar-refractivity contribution >= 4 is 55.2 Å². The van der Waals surface area contributed by atoms with Crippen molar-refractivity contribution in [2.45, 2.75) is 27.3 Å². The molecule has 1 fully saturated rings. The zero-order valence-corrected chi connectivity index (χ0v) is 23.0. The molecule has 3 heterocycles. The Kier molecular flexibility index (Phi) is 7.63. The van der Waals surface area contributed by atoms with Crippen LogP contribution in [0.25, 0.3) is 10.2 Å². The number of benzene rings is 2. The number of nitrogens with zero attached hydrogens (tertiary/aromatic N) is 4. The third-order valence-corrected chi connectivity index (χ3v) is 7.71. The maximum Gasteiger partial charge on any atom is 0.386 e. The van der Waals surface area contributed by atoms with Gasteiger partial charge in [-0.05, 0) is 79.2 Å². The van der Waals surface area contributed by atoms with Gasteiger partial charge in [-0.1, -0.05) is 24.3 Å². The molecule has 2 aliphatic rings. The zero-order chi connectivity index (χ0) is 22.9. The number of rotatable bonds is 5. The number of thiazole rings is 1. The third-order valence-electron chi connectivity index (χ3n) is 5.63. The van der Waals surface area contributed by atoms with Gasteiger partial charge in [0.25, 0.3) is 11.1 Å². The van der Waals surface area contributed by atoms with E-state index in [1.165, 1.54) is 22.0 Å².